The molecule has 4 heterocycles. The zero-order valence-electron chi connectivity index (χ0n) is 17.0. The van der Waals surface area contributed by atoms with E-state index in [9.17, 15) is 9.28 Å². The van der Waals surface area contributed by atoms with Crippen LogP contribution in [0.25, 0.3) is 16.5 Å². The Bertz CT molecular complexity index is 1190. The van der Waals surface area contributed by atoms with E-state index < -0.39 is 5.82 Å². The number of halogens is 2. The Hall–Kier alpha value is -3.00. The number of aromatic amines is 1. The molecule has 156 valence electrons. The molecule has 1 N–H and O–H groups in total. The van der Waals surface area contributed by atoms with Crippen molar-refractivity contribution in [3.05, 3.63) is 58.3 Å². The third-order valence-electron chi connectivity index (χ3n) is 6.05. The van der Waals surface area contributed by atoms with Crippen molar-refractivity contribution in [1.82, 2.24) is 24.8 Å². The SMILES string of the molecule is CCn1ncc2c1CN(C(=O)c1cc(C)c3[nH]c(C4=CCCN(F)C4)cc3c1F)C2. The summed E-state index contributed by atoms with van der Waals surface area (Å²) in [4.78, 5) is 18.0. The maximum Gasteiger partial charge on any atom is 0.257 e. The van der Waals surface area contributed by atoms with Gasteiger partial charge in [-0.25, -0.2) is 4.39 Å². The smallest absolute Gasteiger partial charge is 0.257 e. The predicted molar refractivity (Wildman–Crippen MR) is 110 cm³/mol. The summed E-state index contributed by atoms with van der Waals surface area (Å²) in [6, 6.07) is 3.29. The van der Waals surface area contributed by atoms with Crippen molar-refractivity contribution in [1.29, 1.82) is 0 Å². The van der Waals surface area contributed by atoms with Crippen LogP contribution in [0.2, 0.25) is 0 Å². The first-order chi connectivity index (χ1) is 14.5. The van der Waals surface area contributed by atoms with Crippen molar-refractivity contribution in [3.8, 4) is 0 Å². The third kappa shape index (κ3) is 2.94. The van der Waals surface area contributed by atoms with Gasteiger partial charge in [0.2, 0.25) is 0 Å². The lowest BCUT2D eigenvalue weighted by molar-refractivity contribution is 0.0411. The molecule has 0 saturated carbocycles. The minimum atomic E-state index is -0.537. The summed E-state index contributed by atoms with van der Waals surface area (Å²) < 4.78 is 31.0. The van der Waals surface area contributed by atoms with Crippen molar-refractivity contribution in [2.24, 2.45) is 0 Å². The van der Waals surface area contributed by atoms with Gasteiger partial charge in [-0.3, -0.25) is 9.48 Å². The molecule has 0 spiro atoms. The van der Waals surface area contributed by atoms with Crippen LogP contribution in [0.1, 0.15) is 46.2 Å². The topological polar surface area (TPSA) is 57.2 Å². The van der Waals surface area contributed by atoms with E-state index in [1.807, 2.05) is 24.6 Å². The molecule has 1 amide bonds. The Morgan fingerprint density at radius 1 is 1.27 bits per heavy atom. The van der Waals surface area contributed by atoms with Gasteiger partial charge in [-0.2, -0.15) is 5.10 Å². The van der Waals surface area contributed by atoms with Crippen LogP contribution in [-0.4, -0.2) is 43.8 Å². The van der Waals surface area contributed by atoms with Crippen molar-refractivity contribution in [2.45, 2.75) is 39.9 Å². The summed E-state index contributed by atoms with van der Waals surface area (Å²) in [5, 5.41) is 5.43. The largest absolute Gasteiger partial charge is 0.354 e. The third-order valence-corrected chi connectivity index (χ3v) is 6.05. The quantitative estimate of drug-likeness (QED) is 0.664. The number of benzene rings is 1. The minimum Gasteiger partial charge on any atom is -0.354 e. The number of aryl methyl sites for hydroxylation is 2. The van der Waals surface area contributed by atoms with Gasteiger partial charge in [0.1, 0.15) is 5.82 Å². The first-order valence-corrected chi connectivity index (χ1v) is 10.2. The minimum absolute atomic E-state index is 0.0662. The number of amides is 1. The number of carbonyl (C=O) groups is 1. The number of aromatic nitrogens is 3. The second kappa shape index (κ2) is 7.05. The molecule has 5 rings (SSSR count). The van der Waals surface area contributed by atoms with Crippen LogP contribution < -0.4 is 0 Å². The van der Waals surface area contributed by atoms with Gasteiger partial charge < -0.3 is 9.88 Å². The number of rotatable bonds is 3. The fourth-order valence-corrected chi connectivity index (χ4v) is 4.46. The molecule has 0 radical (unpaired) electrons. The highest BCUT2D eigenvalue weighted by Crippen LogP contribution is 2.32. The van der Waals surface area contributed by atoms with Crippen molar-refractivity contribution in [2.75, 3.05) is 13.1 Å². The molecular formula is C22H23F2N5O. The molecule has 30 heavy (non-hydrogen) atoms. The van der Waals surface area contributed by atoms with E-state index in [-0.39, 0.29) is 18.0 Å². The van der Waals surface area contributed by atoms with E-state index in [0.717, 1.165) is 34.1 Å². The maximum absolute atomic E-state index is 15.4. The number of carbonyl (C=O) groups excluding carboxylic acids is 1. The Morgan fingerprint density at radius 2 is 2.10 bits per heavy atom. The molecule has 0 fully saturated rings. The van der Waals surface area contributed by atoms with E-state index in [2.05, 4.69) is 10.1 Å². The van der Waals surface area contributed by atoms with E-state index in [0.29, 0.717) is 42.7 Å². The van der Waals surface area contributed by atoms with Crippen LogP contribution in [-0.2, 0) is 19.6 Å². The van der Waals surface area contributed by atoms with Crippen LogP contribution in [0, 0.1) is 12.7 Å². The summed E-state index contributed by atoms with van der Waals surface area (Å²) in [5.41, 5.74) is 4.99. The Morgan fingerprint density at radius 3 is 2.87 bits per heavy atom. The van der Waals surface area contributed by atoms with Crippen LogP contribution in [0.4, 0.5) is 8.87 Å². The second-order valence-electron chi connectivity index (χ2n) is 7.98. The van der Waals surface area contributed by atoms with E-state index in [1.54, 1.807) is 23.2 Å². The Labute approximate surface area is 172 Å². The number of nitrogens with zero attached hydrogens (tertiary/aromatic N) is 4. The lowest BCUT2D eigenvalue weighted by atomic mass is 10.0. The number of hydrogen-bond donors (Lipinski definition) is 1. The second-order valence-corrected chi connectivity index (χ2v) is 7.98. The molecule has 6 nitrogen and oxygen atoms in total. The van der Waals surface area contributed by atoms with Gasteiger partial charge in [0.25, 0.3) is 5.91 Å². The lowest BCUT2D eigenvalue weighted by Gasteiger charge is -2.17. The van der Waals surface area contributed by atoms with Gasteiger partial charge in [0.15, 0.2) is 0 Å². The zero-order valence-corrected chi connectivity index (χ0v) is 17.0. The molecule has 0 unspecified atom stereocenters. The average molecular weight is 411 g/mol. The molecule has 2 aliphatic heterocycles. The summed E-state index contributed by atoms with van der Waals surface area (Å²) in [6.07, 6.45) is 4.36. The van der Waals surface area contributed by atoms with E-state index in [4.69, 9.17) is 0 Å². The highest BCUT2D eigenvalue weighted by molar-refractivity contribution is 6.00. The van der Waals surface area contributed by atoms with Crippen LogP contribution in [0.15, 0.2) is 24.4 Å². The van der Waals surface area contributed by atoms with Crippen molar-refractivity contribution >= 4 is 22.4 Å². The average Bonchev–Trinajstić information content (AvgIpc) is 3.44. The Kier molecular flexibility index (Phi) is 4.47. The summed E-state index contributed by atoms with van der Waals surface area (Å²) in [5.74, 6) is -0.865. The molecule has 0 aliphatic carbocycles. The van der Waals surface area contributed by atoms with Crippen molar-refractivity contribution < 1.29 is 13.7 Å². The summed E-state index contributed by atoms with van der Waals surface area (Å²) >= 11 is 0. The first kappa shape index (κ1) is 19.0. The molecule has 2 aromatic heterocycles. The zero-order chi connectivity index (χ0) is 21.0. The fraction of sp³-hybridized carbons (Fsp3) is 0.364. The molecule has 0 atom stereocenters. The summed E-state index contributed by atoms with van der Waals surface area (Å²) in [6.45, 7) is 5.97. The van der Waals surface area contributed by atoms with Gasteiger partial charge in [-0.15, -0.1) is 9.60 Å². The Balaban J connectivity index is 1.49. The molecular weight excluding hydrogens is 388 g/mol. The first-order valence-electron chi connectivity index (χ1n) is 10.2. The van der Waals surface area contributed by atoms with E-state index in [1.165, 1.54) is 0 Å². The molecule has 1 aromatic carbocycles. The molecule has 0 saturated heterocycles. The molecule has 2 aliphatic rings. The standard InChI is InChI=1S/C22H23F2N5O/c1-3-29-19-12-27(10-15(19)9-25-29)22(30)17-7-13(2)21-16(20(17)23)8-18(26-21)14-5-4-6-28(24)11-14/h5,7-9,26H,3-4,6,10-12H2,1-2H3. The van der Waals surface area contributed by atoms with Gasteiger partial charge in [0, 0.05) is 36.3 Å². The van der Waals surface area contributed by atoms with E-state index >= 15 is 4.39 Å². The number of fused-ring (bicyclic) bond motifs is 2. The predicted octanol–water partition coefficient (Wildman–Crippen LogP) is 3.96. The highest BCUT2D eigenvalue weighted by atomic mass is 19.2. The number of hydrogen-bond acceptors (Lipinski definition) is 3. The van der Waals surface area contributed by atoms with Gasteiger partial charge >= 0.3 is 0 Å². The highest BCUT2D eigenvalue weighted by Gasteiger charge is 2.30. The van der Waals surface area contributed by atoms with Gasteiger partial charge in [0.05, 0.1) is 36.1 Å². The summed E-state index contributed by atoms with van der Waals surface area (Å²) in [7, 11) is 0. The molecule has 3 aromatic rings. The van der Waals surface area contributed by atoms with Gasteiger partial charge in [-0.1, -0.05) is 6.08 Å². The van der Waals surface area contributed by atoms with Crippen molar-refractivity contribution in [3.63, 3.8) is 0 Å². The number of nitrogens with one attached hydrogen (secondary N) is 1. The van der Waals surface area contributed by atoms with Gasteiger partial charge in [-0.05, 0) is 43.5 Å². The maximum atomic E-state index is 15.4. The monoisotopic (exact) mass is 411 g/mol. The normalized spacial score (nSPS) is 16.9. The van der Waals surface area contributed by atoms with Crippen LogP contribution in [0.3, 0.4) is 0 Å². The van der Waals surface area contributed by atoms with Crippen LogP contribution >= 0.6 is 0 Å². The molecule has 0 bridgehead atoms. The molecule has 8 heteroatoms. The van der Waals surface area contributed by atoms with Crippen LogP contribution in [0.5, 0.6) is 0 Å². The number of H-pyrrole nitrogens is 1. The fourth-order valence-electron chi connectivity index (χ4n) is 4.46. The lowest BCUT2D eigenvalue weighted by Crippen LogP contribution is -2.27.